The number of aliphatic hydroxyl groups excluding tert-OH is 1. The van der Waals surface area contributed by atoms with Gasteiger partial charge in [-0.25, -0.2) is 0 Å². The van der Waals surface area contributed by atoms with Gasteiger partial charge in [-0.2, -0.15) is 0 Å². The van der Waals surface area contributed by atoms with Crippen molar-refractivity contribution < 1.29 is 9.90 Å². The van der Waals surface area contributed by atoms with Crippen molar-refractivity contribution in [2.45, 2.75) is 58.5 Å². The van der Waals surface area contributed by atoms with E-state index in [4.69, 9.17) is 0 Å². The largest absolute Gasteiger partial charge is 0.396 e. The number of hydrogen-bond acceptors (Lipinski definition) is 3. The summed E-state index contributed by atoms with van der Waals surface area (Å²) in [6.45, 7) is 6.81. The molecule has 4 heteroatoms. The zero-order valence-corrected chi connectivity index (χ0v) is 11.9. The molecule has 0 saturated heterocycles. The summed E-state index contributed by atoms with van der Waals surface area (Å²) < 4.78 is 0. The summed E-state index contributed by atoms with van der Waals surface area (Å²) in [5.74, 6) is 0.821. The molecule has 0 heterocycles. The minimum absolute atomic E-state index is 0.0541. The van der Waals surface area contributed by atoms with Crippen LogP contribution >= 0.6 is 0 Å². The maximum absolute atomic E-state index is 11.8. The Bertz CT molecular complexity index is 256. The number of carbonyl (C=O) groups is 1. The van der Waals surface area contributed by atoms with E-state index in [-0.39, 0.29) is 18.6 Å². The molecule has 3 atom stereocenters. The summed E-state index contributed by atoms with van der Waals surface area (Å²) in [7, 11) is 0. The van der Waals surface area contributed by atoms with Gasteiger partial charge in [-0.1, -0.05) is 26.7 Å². The van der Waals surface area contributed by atoms with Crippen LogP contribution in [0.4, 0.5) is 0 Å². The van der Waals surface area contributed by atoms with E-state index < -0.39 is 0 Å². The average molecular weight is 256 g/mol. The van der Waals surface area contributed by atoms with Gasteiger partial charge in [-0.05, 0) is 31.6 Å². The van der Waals surface area contributed by atoms with Crippen LogP contribution < -0.4 is 10.6 Å². The van der Waals surface area contributed by atoms with Crippen LogP contribution in [0.15, 0.2) is 0 Å². The highest BCUT2D eigenvalue weighted by atomic mass is 16.3. The average Bonchev–Trinajstić information content (AvgIpc) is 2.36. The van der Waals surface area contributed by atoms with Gasteiger partial charge < -0.3 is 15.7 Å². The molecule has 0 aromatic rings. The molecule has 1 aliphatic rings. The second-order valence-corrected chi connectivity index (χ2v) is 5.81. The number of hydrogen-bond donors (Lipinski definition) is 3. The normalized spacial score (nSPS) is 26.1. The van der Waals surface area contributed by atoms with E-state index in [1.807, 2.05) is 6.92 Å². The highest BCUT2D eigenvalue weighted by Gasteiger charge is 2.24. The molecule has 1 saturated carbocycles. The first-order chi connectivity index (χ1) is 8.54. The Kier molecular flexibility index (Phi) is 6.65. The van der Waals surface area contributed by atoms with Gasteiger partial charge in [0, 0.05) is 18.7 Å². The van der Waals surface area contributed by atoms with Crippen LogP contribution in [0.5, 0.6) is 0 Å². The summed E-state index contributed by atoms with van der Waals surface area (Å²) >= 11 is 0. The molecule has 0 aromatic heterocycles. The van der Waals surface area contributed by atoms with Gasteiger partial charge in [0.2, 0.25) is 5.91 Å². The van der Waals surface area contributed by atoms with E-state index in [1.54, 1.807) is 0 Å². The Balaban J connectivity index is 2.28. The van der Waals surface area contributed by atoms with E-state index in [0.717, 1.165) is 12.8 Å². The van der Waals surface area contributed by atoms with E-state index in [0.29, 0.717) is 24.4 Å². The molecule has 0 bridgehead atoms. The summed E-state index contributed by atoms with van der Waals surface area (Å²) in [5, 5.41) is 15.6. The number of amides is 1. The van der Waals surface area contributed by atoms with Crippen LogP contribution in [-0.4, -0.2) is 36.2 Å². The molecule has 4 nitrogen and oxygen atoms in total. The van der Waals surface area contributed by atoms with Crippen LogP contribution in [0.25, 0.3) is 0 Å². The van der Waals surface area contributed by atoms with Crippen LogP contribution in [0.2, 0.25) is 0 Å². The van der Waals surface area contributed by atoms with Crippen molar-refractivity contribution in [2.75, 3.05) is 13.2 Å². The molecule has 18 heavy (non-hydrogen) atoms. The second kappa shape index (κ2) is 7.74. The molecule has 106 valence electrons. The second-order valence-electron chi connectivity index (χ2n) is 5.81. The predicted octanol–water partition coefficient (Wildman–Crippen LogP) is 1.29. The minimum atomic E-state index is 0.0541. The Morgan fingerprint density at radius 2 is 1.94 bits per heavy atom. The highest BCUT2D eigenvalue weighted by Crippen LogP contribution is 2.23. The summed E-state index contributed by atoms with van der Waals surface area (Å²) in [6.07, 6.45) is 4.52. The third-order valence-electron chi connectivity index (χ3n) is 4.06. The first-order valence-electron chi connectivity index (χ1n) is 7.18. The number of nitrogens with one attached hydrogen (secondary N) is 2. The smallest absolute Gasteiger partial charge is 0.234 e. The van der Waals surface area contributed by atoms with Gasteiger partial charge in [-0.3, -0.25) is 4.79 Å². The summed E-state index contributed by atoms with van der Waals surface area (Å²) in [6, 6.07) is 0.503. The van der Waals surface area contributed by atoms with E-state index in [1.165, 1.54) is 12.8 Å². The molecule has 0 aromatic carbocycles. The van der Waals surface area contributed by atoms with Gasteiger partial charge in [0.1, 0.15) is 0 Å². The molecule has 0 radical (unpaired) electrons. The first-order valence-corrected chi connectivity index (χ1v) is 7.18. The van der Waals surface area contributed by atoms with Crippen LogP contribution in [0.1, 0.15) is 46.5 Å². The van der Waals surface area contributed by atoms with Crippen LogP contribution in [-0.2, 0) is 4.79 Å². The molecular weight excluding hydrogens is 228 g/mol. The fraction of sp³-hybridized carbons (Fsp3) is 0.929. The Labute approximate surface area is 111 Å². The van der Waals surface area contributed by atoms with Crippen molar-refractivity contribution in [1.82, 2.24) is 10.6 Å². The molecule has 1 rings (SSSR count). The third-order valence-corrected chi connectivity index (χ3v) is 4.06. The fourth-order valence-corrected chi connectivity index (χ4v) is 2.39. The SMILES string of the molecule is CC(C)C(C)NC(=O)CNC1CCCCC1CO. The molecular formula is C14H28N2O2. The Morgan fingerprint density at radius 3 is 2.56 bits per heavy atom. The van der Waals surface area contributed by atoms with Crippen molar-refractivity contribution in [3.63, 3.8) is 0 Å². The maximum atomic E-state index is 11.8. The molecule has 0 aliphatic heterocycles. The number of rotatable bonds is 6. The maximum Gasteiger partial charge on any atom is 0.234 e. The van der Waals surface area contributed by atoms with Gasteiger partial charge >= 0.3 is 0 Å². The lowest BCUT2D eigenvalue weighted by molar-refractivity contribution is -0.121. The van der Waals surface area contributed by atoms with E-state index in [9.17, 15) is 9.90 Å². The van der Waals surface area contributed by atoms with Gasteiger partial charge in [0.05, 0.1) is 6.54 Å². The zero-order chi connectivity index (χ0) is 13.5. The van der Waals surface area contributed by atoms with Gasteiger partial charge in [0.25, 0.3) is 0 Å². The zero-order valence-electron chi connectivity index (χ0n) is 11.9. The lowest BCUT2D eigenvalue weighted by atomic mass is 9.85. The van der Waals surface area contributed by atoms with Crippen molar-refractivity contribution in [3.8, 4) is 0 Å². The summed E-state index contributed by atoms with van der Waals surface area (Å²) in [5.41, 5.74) is 0. The molecule has 3 N–H and O–H groups in total. The van der Waals surface area contributed by atoms with Crippen molar-refractivity contribution in [3.05, 3.63) is 0 Å². The molecule has 3 unspecified atom stereocenters. The fourth-order valence-electron chi connectivity index (χ4n) is 2.39. The molecule has 1 fully saturated rings. The van der Waals surface area contributed by atoms with Crippen molar-refractivity contribution in [2.24, 2.45) is 11.8 Å². The predicted molar refractivity (Wildman–Crippen MR) is 73.3 cm³/mol. The lowest BCUT2D eigenvalue weighted by Gasteiger charge is -2.31. The first kappa shape index (κ1) is 15.4. The van der Waals surface area contributed by atoms with Gasteiger partial charge in [0.15, 0.2) is 0 Å². The van der Waals surface area contributed by atoms with E-state index in [2.05, 4.69) is 24.5 Å². The van der Waals surface area contributed by atoms with Crippen molar-refractivity contribution >= 4 is 5.91 Å². The Hall–Kier alpha value is -0.610. The monoisotopic (exact) mass is 256 g/mol. The number of aliphatic hydroxyl groups is 1. The van der Waals surface area contributed by atoms with Gasteiger partial charge in [-0.15, -0.1) is 0 Å². The van der Waals surface area contributed by atoms with Crippen LogP contribution in [0.3, 0.4) is 0 Å². The molecule has 0 spiro atoms. The molecule has 1 amide bonds. The summed E-state index contributed by atoms with van der Waals surface area (Å²) in [4.78, 5) is 11.8. The van der Waals surface area contributed by atoms with Crippen molar-refractivity contribution in [1.29, 1.82) is 0 Å². The minimum Gasteiger partial charge on any atom is -0.396 e. The quantitative estimate of drug-likeness (QED) is 0.671. The topological polar surface area (TPSA) is 61.4 Å². The van der Waals surface area contributed by atoms with Crippen LogP contribution in [0, 0.1) is 11.8 Å². The lowest BCUT2D eigenvalue weighted by Crippen LogP contribution is -2.47. The third kappa shape index (κ3) is 4.94. The standard InChI is InChI=1S/C14H28N2O2/c1-10(2)11(3)16-14(18)8-15-13-7-5-4-6-12(13)9-17/h10-13,15,17H,4-9H2,1-3H3,(H,16,18). The van der Waals surface area contributed by atoms with E-state index >= 15 is 0 Å². The molecule has 1 aliphatic carbocycles. The Morgan fingerprint density at radius 1 is 1.28 bits per heavy atom. The highest BCUT2D eigenvalue weighted by molar-refractivity contribution is 5.78. The number of carbonyl (C=O) groups excluding carboxylic acids is 1.